The molecule has 4 heteroatoms. The van der Waals surface area contributed by atoms with Gasteiger partial charge in [0.2, 0.25) is 0 Å². The van der Waals surface area contributed by atoms with Crippen molar-refractivity contribution < 1.29 is 14.9 Å². The van der Waals surface area contributed by atoms with Crippen LogP contribution in [-0.2, 0) is 0 Å². The Hall–Kier alpha value is -0.770. The number of hydrogen-bond acceptors (Lipinski definition) is 3. The first-order valence-electron chi connectivity index (χ1n) is 6.24. The van der Waals surface area contributed by atoms with Gasteiger partial charge in [0, 0.05) is 0 Å². The fourth-order valence-corrected chi connectivity index (χ4v) is 1.80. The van der Waals surface area contributed by atoms with E-state index in [1.807, 2.05) is 13.8 Å². The van der Waals surface area contributed by atoms with E-state index in [-0.39, 0.29) is 6.61 Å². The lowest BCUT2D eigenvalue weighted by Crippen LogP contribution is -2.34. The Morgan fingerprint density at radius 3 is 2.39 bits per heavy atom. The quantitative estimate of drug-likeness (QED) is 0.835. The maximum absolute atomic E-state index is 10.1. The summed E-state index contributed by atoms with van der Waals surface area (Å²) in [6.07, 6.45) is 0.708. The van der Waals surface area contributed by atoms with E-state index in [2.05, 4.69) is 0 Å². The summed E-state index contributed by atoms with van der Waals surface area (Å²) < 4.78 is 5.55. The summed E-state index contributed by atoms with van der Waals surface area (Å²) in [6, 6.07) is 5.16. The van der Waals surface area contributed by atoms with Gasteiger partial charge in [-0.05, 0) is 37.5 Å². The van der Waals surface area contributed by atoms with Crippen LogP contribution in [0.4, 0.5) is 0 Å². The predicted octanol–water partition coefficient (Wildman–Crippen LogP) is 3.32. The minimum Gasteiger partial charge on any atom is -0.489 e. The third-order valence-corrected chi connectivity index (χ3v) is 3.55. The second-order valence-corrected chi connectivity index (χ2v) is 4.99. The van der Waals surface area contributed by atoms with Gasteiger partial charge < -0.3 is 14.9 Å². The van der Waals surface area contributed by atoms with Crippen molar-refractivity contribution in [3.05, 3.63) is 28.8 Å². The monoisotopic (exact) mass is 272 g/mol. The molecule has 1 aromatic rings. The third-order valence-electron chi connectivity index (χ3n) is 3.25. The molecule has 0 saturated heterocycles. The van der Waals surface area contributed by atoms with E-state index >= 15 is 0 Å². The van der Waals surface area contributed by atoms with Crippen LogP contribution in [-0.4, -0.2) is 22.4 Å². The molecule has 0 aliphatic heterocycles. The molecule has 0 amide bonds. The molecule has 1 rings (SSSR count). The molecule has 0 aliphatic rings. The highest BCUT2D eigenvalue weighted by Gasteiger charge is 2.23. The second kappa shape index (κ2) is 6.41. The van der Waals surface area contributed by atoms with Crippen LogP contribution < -0.4 is 4.74 Å². The van der Waals surface area contributed by atoms with Crippen LogP contribution >= 0.6 is 11.6 Å². The average Bonchev–Trinajstić information content (AvgIpc) is 2.36. The third kappa shape index (κ3) is 3.87. The first kappa shape index (κ1) is 15.3. The van der Waals surface area contributed by atoms with Crippen LogP contribution in [0.3, 0.4) is 0 Å². The molecule has 0 aliphatic carbocycles. The van der Waals surface area contributed by atoms with E-state index < -0.39 is 11.7 Å². The minimum atomic E-state index is -0.813. The van der Waals surface area contributed by atoms with Crippen molar-refractivity contribution in [3.63, 3.8) is 0 Å². The number of aliphatic hydroxyl groups is 2. The van der Waals surface area contributed by atoms with Crippen molar-refractivity contribution in [2.75, 3.05) is 6.61 Å². The lowest BCUT2D eigenvalue weighted by atomic mass is 9.99. The topological polar surface area (TPSA) is 49.7 Å². The summed E-state index contributed by atoms with van der Waals surface area (Å²) in [5.74, 6) is 0.529. The van der Waals surface area contributed by atoms with E-state index in [0.29, 0.717) is 23.6 Å². The van der Waals surface area contributed by atoms with E-state index in [4.69, 9.17) is 16.3 Å². The van der Waals surface area contributed by atoms with Gasteiger partial charge >= 0.3 is 0 Å². The van der Waals surface area contributed by atoms with Gasteiger partial charge in [-0.2, -0.15) is 0 Å². The van der Waals surface area contributed by atoms with Crippen LogP contribution in [0, 0.1) is 0 Å². The predicted molar refractivity (Wildman–Crippen MR) is 73.1 cm³/mol. The first-order valence-corrected chi connectivity index (χ1v) is 6.62. The van der Waals surface area contributed by atoms with E-state index in [0.717, 1.165) is 5.56 Å². The van der Waals surface area contributed by atoms with Crippen LogP contribution in [0.1, 0.15) is 45.3 Å². The molecule has 0 aromatic heterocycles. The molecule has 0 fully saturated rings. The van der Waals surface area contributed by atoms with Crippen molar-refractivity contribution >= 4 is 11.6 Å². The number of rotatable bonds is 6. The summed E-state index contributed by atoms with van der Waals surface area (Å²) in [5.41, 5.74) is -0.0692. The van der Waals surface area contributed by atoms with Gasteiger partial charge in [-0.15, -0.1) is 0 Å². The Morgan fingerprint density at radius 1 is 1.33 bits per heavy atom. The normalized spacial score (nSPS) is 13.4. The summed E-state index contributed by atoms with van der Waals surface area (Å²) in [4.78, 5) is 0. The molecule has 0 spiro atoms. The van der Waals surface area contributed by atoms with Crippen molar-refractivity contribution in [3.8, 4) is 5.75 Å². The van der Waals surface area contributed by atoms with Crippen LogP contribution in [0.25, 0.3) is 0 Å². The molecular weight excluding hydrogens is 252 g/mol. The summed E-state index contributed by atoms with van der Waals surface area (Å²) in [5, 5.41) is 20.0. The van der Waals surface area contributed by atoms with E-state index in [1.165, 1.54) is 0 Å². The SMILES string of the molecule is CCC(O)(CC)COc1ccc(C(C)O)cc1Cl. The van der Waals surface area contributed by atoms with E-state index in [9.17, 15) is 10.2 Å². The smallest absolute Gasteiger partial charge is 0.138 e. The lowest BCUT2D eigenvalue weighted by Gasteiger charge is -2.25. The minimum absolute atomic E-state index is 0.216. The van der Waals surface area contributed by atoms with Crippen LogP contribution in [0.15, 0.2) is 18.2 Å². The fraction of sp³-hybridized carbons (Fsp3) is 0.571. The zero-order valence-corrected chi connectivity index (χ0v) is 11.9. The summed E-state index contributed by atoms with van der Waals surface area (Å²) in [6.45, 7) is 5.74. The highest BCUT2D eigenvalue weighted by Crippen LogP contribution is 2.29. The highest BCUT2D eigenvalue weighted by atomic mass is 35.5. The Morgan fingerprint density at radius 2 is 1.94 bits per heavy atom. The zero-order chi connectivity index (χ0) is 13.8. The van der Waals surface area contributed by atoms with Gasteiger partial charge in [0.15, 0.2) is 0 Å². The van der Waals surface area contributed by atoms with Gasteiger partial charge in [-0.1, -0.05) is 31.5 Å². The molecule has 1 atom stereocenters. The van der Waals surface area contributed by atoms with E-state index in [1.54, 1.807) is 25.1 Å². The summed E-state index contributed by atoms with van der Waals surface area (Å²) in [7, 11) is 0. The Bertz CT molecular complexity index is 387. The Labute approximate surface area is 113 Å². The van der Waals surface area contributed by atoms with Gasteiger partial charge in [0.05, 0.1) is 16.7 Å². The molecule has 2 N–H and O–H groups in total. The Kier molecular flexibility index (Phi) is 5.45. The number of halogens is 1. The van der Waals surface area contributed by atoms with Crippen molar-refractivity contribution in [1.29, 1.82) is 0 Å². The molecule has 1 unspecified atom stereocenters. The van der Waals surface area contributed by atoms with Crippen molar-refractivity contribution in [2.45, 2.75) is 45.3 Å². The number of hydrogen-bond donors (Lipinski definition) is 2. The Balaban J connectivity index is 2.74. The molecule has 1 aromatic carbocycles. The molecule has 0 bridgehead atoms. The van der Waals surface area contributed by atoms with Gasteiger partial charge in [-0.25, -0.2) is 0 Å². The standard InChI is InChI=1S/C14H21ClO3/c1-4-14(17,5-2)9-18-13-7-6-11(10(3)16)8-12(13)15/h6-8,10,16-17H,4-5,9H2,1-3H3. The lowest BCUT2D eigenvalue weighted by molar-refractivity contribution is -0.0113. The van der Waals surface area contributed by atoms with Gasteiger partial charge in [-0.3, -0.25) is 0 Å². The molecule has 0 radical (unpaired) electrons. The largest absolute Gasteiger partial charge is 0.489 e. The maximum atomic E-state index is 10.1. The fourth-order valence-electron chi connectivity index (χ4n) is 1.56. The van der Waals surface area contributed by atoms with Gasteiger partial charge in [0.25, 0.3) is 0 Å². The molecule has 102 valence electrons. The first-order chi connectivity index (χ1) is 8.41. The molecule has 0 saturated carbocycles. The molecule has 18 heavy (non-hydrogen) atoms. The second-order valence-electron chi connectivity index (χ2n) is 4.59. The molecule has 3 nitrogen and oxygen atoms in total. The van der Waals surface area contributed by atoms with Crippen LogP contribution in [0.2, 0.25) is 5.02 Å². The number of aliphatic hydroxyl groups excluding tert-OH is 1. The van der Waals surface area contributed by atoms with Crippen molar-refractivity contribution in [2.24, 2.45) is 0 Å². The van der Waals surface area contributed by atoms with Crippen LogP contribution in [0.5, 0.6) is 5.75 Å². The molecular formula is C14H21ClO3. The highest BCUT2D eigenvalue weighted by molar-refractivity contribution is 6.32. The maximum Gasteiger partial charge on any atom is 0.138 e. The number of ether oxygens (including phenoxy) is 1. The average molecular weight is 273 g/mol. The van der Waals surface area contributed by atoms with Crippen molar-refractivity contribution in [1.82, 2.24) is 0 Å². The summed E-state index contributed by atoms with van der Waals surface area (Å²) >= 11 is 6.07. The zero-order valence-electron chi connectivity index (χ0n) is 11.1. The number of benzene rings is 1. The van der Waals surface area contributed by atoms with Gasteiger partial charge in [0.1, 0.15) is 12.4 Å². The molecule has 0 heterocycles.